The number of hydrogen-bond donors (Lipinski definition) is 1. The molecule has 0 bridgehead atoms. The van der Waals surface area contributed by atoms with Crippen molar-refractivity contribution in [3.63, 3.8) is 0 Å². The van der Waals surface area contributed by atoms with E-state index in [1.807, 2.05) is 0 Å². The predicted octanol–water partition coefficient (Wildman–Crippen LogP) is 2.43. The van der Waals surface area contributed by atoms with Crippen molar-refractivity contribution >= 4 is 29.0 Å². The van der Waals surface area contributed by atoms with Gasteiger partial charge in [0.15, 0.2) is 0 Å². The Morgan fingerprint density at radius 3 is 2.88 bits per heavy atom. The van der Waals surface area contributed by atoms with Crippen LogP contribution in [0.4, 0.5) is 5.82 Å². The molecule has 17 heavy (non-hydrogen) atoms. The van der Waals surface area contributed by atoms with E-state index in [-0.39, 0.29) is 5.28 Å². The average Bonchev–Trinajstić information content (AvgIpc) is 3.05. The van der Waals surface area contributed by atoms with Crippen LogP contribution in [0.15, 0.2) is 6.20 Å². The largest absolute Gasteiger partial charge is 0.365 e. The van der Waals surface area contributed by atoms with Crippen molar-refractivity contribution in [1.29, 1.82) is 0 Å². The van der Waals surface area contributed by atoms with E-state index in [1.54, 1.807) is 0 Å². The Balaban J connectivity index is 1.64. The first-order valence-electron chi connectivity index (χ1n) is 5.91. The molecule has 92 valence electrons. The normalized spacial score (nSPS) is 25.2. The Bertz CT molecular complexity index is 422. The van der Waals surface area contributed by atoms with Gasteiger partial charge in [-0.15, -0.1) is 0 Å². The summed E-state index contributed by atoms with van der Waals surface area (Å²) in [6, 6.07) is 1.24. The molecule has 1 aromatic rings. The standard InChI is InChI=1S/C11H14Cl2N4/c12-9-5-14-11(13)16-10(9)15-7-3-4-17(6-7)8-1-2-8/h5,7-8H,1-4,6H2,(H,14,15,16). The van der Waals surface area contributed by atoms with Gasteiger partial charge in [-0.05, 0) is 30.9 Å². The van der Waals surface area contributed by atoms with Crippen LogP contribution >= 0.6 is 23.2 Å². The average molecular weight is 273 g/mol. The van der Waals surface area contributed by atoms with Crippen molar-refractivity contribution in [2.45, 2.75) is 31.3 Å². The Morgan fingerprint density at radius 2 is 2.12 bits per heavy atom. The van der Waals surface area contributed by atoms with Crippen LogP contribution in [0.3, 0.4) is 0 Å². The van der Waals surface area contributed by atoms with Crippen molar-refractivity contribution in [2.75, 3.05) is 18.4 Å². The maximum atomic E-state index is 6.03. The molecule has 2 heterocycles. The van der Waals surface area contributed by atoms with Gasteiger partial charge in [0.25, 0.3) is 0 Å². The number of nitrogens with one attached hydrogen (secondary N) is 1. The quantitative estimate of drug-likeness (QED) is 0.859. The molecule has 2 aliphatic rings. The lowest BCUT2D eigenvalue weighted by molar-refractivity contribution is 0.326. The monoisotopic (exact) mass is 272 g/mol. The molecule has 0 spiro atoms. The summed E-state index contributed by atoms with van der Waals surface area (Å²) in [4.78, 5) is 10.5. The van der Waals surface area contributed by atoms with Crippen molar-refractivity contribution in [3.8, 4) is 0 Å². The molecule has 0 amide bonds. The van der Waals surface area contributed by atoms with Crippen LogP contribution in [0.25, 0.3) is 0 Å². The molecule has 4 nitrogen and oxygen atoms in total. The van der Waals surface area contributed by atoms with E-state index >= 15 is 0 Å². The van der Waals surface area contributed by atoms with Gasteiger partial charge in [-0.2, -0.15) is 4.98 Å². The molecule has 1 saturated heterocycles. The van der Waals surface area contributed by atoms with Crippen LogP contribution in [0.2, 0.25) is 10.3 Å². The minimum absolute atomic E-state index is 0.231. The number of anilines is 1. The molecule has 0 radical (unpaired) electrons. The second kappa shape index (κ2) is 4.59. The highest BCUT2D eigenvalue weighted by molar-refractivity contribution is 6.33. The first kappa shape index (κ1) is 11.5. The molecule has 1 saturated carbocycles. The predicted molar refractivity (Wildman–Crippen MR) is 68.7 cm³/mol. The van der Waals surface area contributed by atoms with E-state index in [1.165, 1.54) is 25.6 Å². The van der Waals surface area contributed by atoms with Crippen molar-refractivity contribution < 1.29 is 0 Å². The van der Waals surface area contributed by atoms with Crippen LogP contribution in [0.5, 0.6) is 0 Å². The number of nitrogens with zero attached hydrogens (tertiary/aromatic N) is 3. The van der Waals surface area contributed by atoms with Crippen LogP contribution in [0.1, 0.15) is 19.3 Å². The van der Waals surface area contributed by atoms with Gasteiger partial charge in [-0.3, -0.25) is 4.90 Å². The van der Waals surface area contributed by atoms with E-state index in [0.29, 0.717) is 16.9 Å². The molecule has 1 unspecified atom stereocenters. The second-order valence-corrected chi connectivity index (χ2v) is 5.44. The third-order valence-corrected chi connectivity index (χ3v) is 3.80. The summed E-state index contributed by atoms with van der Waals surface area (Å²) >= 11 is 11.8. The summed E-state index contributed by atoms with van der Waals surface area (Å²) in [6.07, 6.45) is 5.38. The van der Waals surface area contributed by atoms with Gasteiger partial charge in [0.1, 0.15) is 10.8 Å². The first-order chi connectivity index (χ1) is 8.22. The molecular weight excluding hydrogens is 259 g/mol. The Kier molecular flexibility index (Phi) is 3.11. The van der Waals surface area contributed by atoms with E-state index in [4.69, 9.17) is 23.2 Å². The highest BCUT2D eigenvalue weighted by Crippen LogP contribution is 2.31. The summed E-state index contributed by atoms with van der Waals surface area (Å²) in [7, 11) is 0. The van der Waals surface area contributed by atoms with Crippen LogP contribution in [-0.4, -0.2) is 40.0 Å². The molecule has 3 rings (SSSR count). The van der Waals surface area contributed by atoms with Gasteiger partial charge < -0.3 is 5.32 Å². The molecule has 2 fully saturated rings. The number of rotatable bonds is 3. The number of likely N-dealkylation sites (tertiary alicyclic amines) is 1. The van der Waals surface area contributed by atoms with Gasteiger partial charge in [0.05, 0.1) is 6.20 Å². The number of aromatic nitrogens is 2. The minimum Gasteiger partial charge on any atom is -0.365 e. The lowest BCUT2D eigenvalue weighted by atomic mass is 10.2. The van der Waals surface area contributed by atoms with Crippen LogP contribution in [-0.2, 0) is 0 Å². The molecule has 1 atom stereocenters. The fraction of sp³-hybridized carbons (Fsp3) is 0.636. The van der Waals surface area contributed by atoms with Crippen molar-refractivity contribution in [3.05, 3.63) is 16.5 Å². The Labute approximate surface area is 110 Å². The maximum absolute atomic E-state index is 6.03. The zero-order chi connectivity index (χ0) is 11.8. The first-order valence-corrected chi connectivity index (χ1v) is 6.66. The van der Waals surface area contributed by atoms with Gasteiger partial charge >= 0.3 is 0 Å². The summed E-state index contributed by atoms with van der Waals surface area (Å²) in [6.45, 7) is 2.24. The second-order valence-electron chi connectivity index (χ2n) is 4.69. The van der Waals surface area contributed by atoms with Gasteiger partial charge in [0.2, 0.25) is 5.28 Å². The fourth-order valence-corrected chi connectivity index (χ4v) is 2.60. The zero-order valence-electron chi connectivity index (χ0n) is 9.37. The lowest BCUT2D eigenvalue weighted by Gasteiger charge is -2.16. The van der Waals surface area contributed by atoms with Gasteiger partial charge in [-0.25, -0.2) is 4.98 Å². The fourth-order valence-electron chi connectivity index (χ4n) is 2.32. The highest BCUT2D eigenvalue weighted by Gasteiger charge is 2.34. The lowest BCUT2D eigenvalue weighted by Crippen LogP contribution is -2.28. The van der Waals surface area contributed by atoms with Crippen molar-refractivity contribution in [2.24, 2.45) is 0 Å². The number of halogens is 2. The van der Waals surface area contributed by atoms with Gasteiger partial charge in [0, 0.05) is 25.2 Å². The third-order valence-electron chi connectivity index (χ3n) is 3.34. The maximum Gasteiger partial charge on any atom is 0.224 e. The zero-order valence-corrected chi connectivity index (χ0v) is 10.9. The van der Waals surface area contributed by atoms with E-state index < -0.39 is 0 Å². The van der Waals surface area contributed by atoms with Gasteiger partial charge in [-0.1, -0.05) is 11.6 Å². The molecule has 1 aliphatic heterocycles. The molecule has 1 aliphatic carbocycles. The summed E-state index contributed by atoms with van der Waals surface area (Å²) in [5, 5.41) is 4.11. The molecule has 1 N–H and O–H groups in total. The molecule has 1 aromatic heterocycles. The molecule has 0 aromatic carbocycles. The summed E-state index contributed by atoms with van der Waals surface area (Å²) < 4.78 is 0. The summed E-state index contributed by atoms with van der Waals surface area (Å²) in [5.41, 5.74) is 0. The Morgan fingerprint density at radius 1 is 1.29 bits per heavy atom. The van der Waals surface area contributed by atoms with Crippen LogP contribution in [0, 0.1) is 0 Å². The molecule has 6 heteroatoms. The SMILES string of the molecule is Clc1ncc(Cl)c(NC2CCN(C3CC3)C2)n1. The number of hydrogen-bond acceptors (Lipinski definition) is 4. The van der Waals surface area contributed by atoms with Crippen LogP contribution < -0.4 is 5.32 Å². The van der Waals surface area contributed by atoms with E-state index in [0.717, 1.165) is 19.0 Å². The van der Waals surface area contributed by atoms with E-state index in [9.17, 15) is 0 Å². The van der Waals surface area contributed by atoms with E-state index in [2.05, 4.69) is 20.2 Å². The molecular formula is C11H14Cl2N4. The summed E-state index contributed by atoms with van der Waals surface area (Å²) in [5.74, 6) is 0.648. The topological polar surface area (TPSA) is 41.1 Å². The van der Waals surface area contributed by atoms with Crippen molar-refractivity contribution in [1.82, 2.24) is 14.9 Å². The minimum atomic E-state index is 0.231. The highest BCUT2D eigenvalue weighted by atomic mass is 35.5. The Hall–Kier alpha value is -0.580. The third kappa shape index (κ3) is 2.64. The smallest absolute Gasteiger partial charge is 0.224 e.